The van der Waals surface area contributed by atoms with Crippen molar-refractivity contribution in [3.05, 3.63) is 57.8 Å². The monoisotopic (exact) mass is 302 g/mol. The van der Waals surface area contributed by atoms with Gasteiger partial charge < -0.3 is 4.74 Å². The summed E-state index contributed by atoms with van der Waals surface area (Å²) in [6.45, 7) is 2.58. The van der Waals surface area contributed by atoms with Crippen LogP contribution in [0.2, 0.25) is 0 Å². The highest BCUT2D eigenvalue weighted by Crippen LogP contribution is 2.28. The second kappa shape index (κ2) is 4.53. The standard InChI is InChI=1S/C14H11BrN2O/c1-9-12(15)3-2-4-13(9)17-14-11-5-6-16-7-10(11)8-18-14/h2-7H,8H2,1H3/b17-14+. The number of hydrogen-bond donors (Lipinski definition) is 0. The number of halogens is 1. The van der Waals surface area contributed by atoms with Gasteiger partial charge in [-0.2, -0.15) is 0 Å². The van der Waals surface area contributed by atoms with Gasteiger partial charge in [0, 0.05) is 28.0 Å². The van der Waals surface area contributed by atoms with E-state index in [4.69, 9.17) is 4.74 Å². The highest BCUT2D eigenvalue weighted by Gasteiger charge is 2.19. The van der Waals surface area contributed by atoms with Gasteiger partial charge in [-0.15, -0.1) is 0 Å². The van der Waals surface area contributed by atoms with Crippen LogP contribution >= 0.6 is 15.9 Å². The zero-order valence-electron chi connectivity index (χ0n) is 9.85. The fourth-order valence-corrected chi connectivity index (χ4v) is 2.25. The Balaban J connectivity index is 2.07. The Morgan fingerprint density at radius 1 is 1.33 bits per heavy atom. The van der Waals surface area contributed by atoms with Gasteiger partial charge in [0.25, 0.3) is 0 Å². The molecule has 0 saturated carbocycles. The van der Waals surface area contributed by atoms with E-state index in [1.165, 1.54) is 0 Å². The Kier molecular flexibility index (Phi) is 2.88. The summed E-state index contributed by atoms with van der Waals surface area (Å²) >= 11 is 3.51. The van der Waals surface area contributed by atoms with Crippen molar-refractivity contribution in [2.75, 3.05) is 0 Å². The van der Waals surface area contributed by atoms with Crippen LogP contribution in [0, 0.1) is 6.92 Å². The smallest absolute Gasteiger partial charge is 0.222 e. The first-order chi connectivity index (χ1) is 8.75. The summed E-state index contributed by atoms with van der Waals surface area (Å²) in [6, 6.07) is 7.90. The molecule has 0 saturated heterocycles. The molecule has 0 radical (unpaired) electrons. The molecule has 90 valence electrons. The average molecular weight is 303 g/mol. The molecule has 1 aromatic carbocycles. The lowest BCUT2D eigenvalue weighted by Gasteiger charge is -2.04. The summed E-state index contributed by atoms with van der Waals surface area (Å²) in [7, 11) is 0. The third-order valence-electron chi connectivity index (χ3n) is 2.96. The summed E-state index contributed by atoms with van der Waals surface area (Å²) in [4.78, 5) is 8.68. The van der Waals surface area contributed by atoms with E-state index in [9.17, 15) is 0 Å². The van der Waals surface area contributed by atoms with E-state index in [1.807, 2.05) is 37.4 Å². The molecule has 0 N–H and O–H groups in total. The van der Waals surface area contributed by atoms with E-state index in [1.54, 1.807) is 6.20 Å². The Hall–Kier alpha value is -1.68. The Morgan fingerprint density at radius 2 is 2.22 bits per heavy atom. The molecule has 3 rings (SSSR count). The van der Waals surface area contributed by atoms with E-state index >= 15 is 0 Å². The summed E-state index contributed by atoms with van der Waals surface area (Å²) in [5.41, 5.74) is 4.15. The van der Waals surface area contributed by atoms with E-state index < -0.39 is 0 Å². The fourth-order valence-electron chi connectivity index (χ4n) is 1.89. The van der Waals surface area contributed by atoms with Crippen molar-refractivity contribution in [3.63, 3.8) is 0 Å². The molecule has 18 heavy (non-hydrogen) atoms. The van der Waals surface area contributed by atoms with E-state index in [0.29, 0.717) is 12.5 Å². The van der Waals surface area contributed by atoms with Gasteiger partial charge in [0.15, 0.2) is 0 Å². The molecular weight excluding hydrogens is 292 g/mol. The highest BCUT2D eigenvalue weighted by atomic mass is 79.9. The van der Waals surface area contributed by atoms with Crippen LogP contribution in [-0.2, 0) is 11.3 Å². The van der Waals surface area contributed by atoms with Crippen molar-refractivity contribution in [3.8, 4) is 0 Å². The average Bonchev–Trinajstić information content (AvgIpc) is 2.79. The lowest BCUT2D eigenvalue weighted by molar-refractivity contribution is 0.312. The summed E-state index contributed by atoms with van der Waals surface area (Å²) in [5.74, 6) is 0.675. The normalized spacial score (nSPS) is 15.6. The molecule has 0 atom stereocenters. The van der Waals surface area contributed by atoms with Gasteiger partial charge in [-0.1, -0.05) is 22.0 Å². The highest BCUT2D eigenvalue weighted by molar-refractivity contribution is 9.10. The van der Waals surface area contributed by atoms with Gasteiger partial charge in [-0.25, -0.2) is 4.99 Å². The Morgan fingerprint density at radius 3 is 3.11 bits per heavy atom. The lowest BCUT2D eigenvalue weighted by atomic mass is 10.2. The maximum atomic E-state index is 5.62. The van der Waals surface area contributed by atoms with E-state index in [-0.39, 0.29) is 0 Å². The van der Waals surface area contributed by atoms with Crippen LogP contribution in [0.3, 0.4) is 0 Å². The second-order valence-corrected chi connectivity index (χ2v) is 4.98. The minimum atomic E-state index is 0.551. The molecule has 2 aromatic rings. The number of ether oxygens (including phenoxy) is 1. The van der Waals surface area contributed by atoms with Crippen LogP contribution in [0.5, 0.6) is 0 Å². The van der Waals surface area contributed by atoms with E-state index in [2.05, 4.69) is 25.9 Å². The molecule has 1 aliphatic rings. The molecule has 1 aliphatic heterocycles. The van der Waals surface area contributed by atoms with Crippen LogP contribution < -0.4 is 0 Å². The van der Waals surface area contributed by atoms with Crippen molar-refractivity contribution in [1.82, 2.24) is 4.98 Å². The topological polar surface area (TPSA) is 34.5 Å². The number of hydrogen-bond acceptors (Lipinski definition) is 3. The summed E-state index contributed by atoms with van der Waals surface area (Å²) < 4.78 is 6.67. The number of rotatable bonds is 1. The molecule has 4 heteroatoms. The second-order valence-electron chi connectivity index (χ2n) is 4.12. The number of aliphatic imine (C=N–C) groups is 1. The number of benzene rings is 1. The van der Waals surface area contributed by atoms with Crippen molar-refractivity contribution >= 4 is 27.5 Å². The first kappa shape index (κ1) is 11.4. The Bertz CT molecular complexity index is 637. The van der Waals surface area contributed by atoms with Gasteiger partial charge in [-0.3, -0.25) is 4.98 Å². The van der Waals surface area contributed by atoms with Gasteiger partial charge in [0.2, 0.25) is 5.90 Å². The summed E-state index contributed by atoms with van der Waals surface area (Å²) in [5, 5.41) is 0. The number of fused-ring (bicyclic) bond motifs is 1. The SMILES string of the molecule is Cc1c(Br)cccc1/N=C1/OCc2cnccc21. The third kappa shape index (κ3) is 1.93. The van der Waals surface area contributed by atoms with Gasteiger partial charge in [0.05, 0.1) is 5.69 Å². The molecule has 3 nitrogen and oxygen atoms in total. The predicted molar refractivity (Wildman–Crippen MR) is 74.1 cm³/mol. The van der Waals surface area contributed by atoms with Crippen LogP contribution in [0.15, 0.2) is 46.1 Å². The molecule has 0 spiro atoms. The van der Waals surface area contributed by atoms with Crippen LogP contribution in [0.1, 0.15) is 16.7 Å². The largest absolute Gasteiger partial charge is 0.472 e. The van der Waals surface area contributed by atoms with Crippen molar-refractivity contribution in [2.45, 2.75) is 13.5 Å². The minimum absolute atomic E-state index is 0.551. The first-order valence-corrected chi connectivity index (χ1v) is 6.45. The first-order valence-electron chi connectivity index (χ1n) is 5.65. The maximum absolute atomic E-state index is 5.62. The molecule has 0 amide bonds. The summed E-state index contributed by atoms with van der Waals surface area (Å²) in [6.07, 6.45) is 3.59. The van der Waals surface area contributed by atoms with Crippen LogP contribution in [0.4, 0.5) is 5.69 Å². The number of pyridine rings is 1. The maximum Gasteiger partial charge on any atom is 0.222 e. The molecular formula is C14H11BrN2O. The van der Waals surface area contributed by atoms with Crippen LogP contribution in [-0.4, -0.2) is 10.9 Å². The molecule has 2 heterocycles. The lowest BCUT2D eigenvalue weighted by Crippen LogP contribution is -1.96. The molecule has 0 unspecified atom stereocenters. The molecule has 1 aromatic heterocycles. The van der Waals surface area contributed by atoms with Crippen LogP contribution in [0.25, 0.3) is 0 Å². The number of aromatic nitrogens is 1. The van der Waals surface area contributed by atoms with Crippen molar-refractivity contribution in [2.24, 2.45) is 4.99 Å². The quantitative estimate of drug-likeness (QED) is 0.804. The van der Waals surface area contributed by atoms with Gasteiger partial charge in [0.1, 0.15) is 6.61 Å². The third-order valence-corrected chi connectivity index (χ3v) is 3.82. The Labute approximate surface area is 114 Å². The minimum Gasteiger partial charge on any atom is -0.472 e. The van der Waals surface area contributed by atoms with Crippen molar-refractivity contribution in [1.29, 1.82) is 0 Å². The molecule has 0 aliphatic carbocycles. The van der Waals surface area contributed by atoms with Gasteiger partial charge in [-0.05, 0) is 30.7 Å². The number of nitrogens with zero attached hydrogens (tertiary/aromatic N) is 2. The zero-order chi connectivity index (χ0) is 12.5. The molecule has 0 fully saturated rings. The van der Waals surface area contributed by atoms with Gasteiger partial charge >= 0.3 is 0 Å². The van der Waals surface area contributed by atoms with Crippen molar-refractivity contribution < 1.29 is 4.74 Å². The molecule has 0 bridgehead atoms. The zero-order valence-corrected chi connectivity index (χ0v) is 11.4. The predicted octanol–water partition coefficient (Wildman–Crippen LogP) is 3.76. The fraction of sp³-hybridized carbons (Fsp3) is 0.143. The van der Waals surface area contributed by atoms with E-state index in [0.717, 1.165) is 26.9 Å².